The second-order valence-electron chi connectivity index (χ2n) is 4.31. The summed E-state index contributed by atoms with van der Waals surface area (Å²) >= 11 is 0. The third kappa shape index (κ3) is 2.98. The molecule has 1 fully saturated rings. The number of carbonyl (C=O) groups is 1. The van der Waals surface area contributed by atoms with E-state index in [9.17, 15) is 4.79 Å². The Bertz CT molecular complexity index is 194. The summed E-state index contributed by atoms with van der Waals surface area (Å²) in [4.78, 5) is 11.0. The van der Waals surface area contributed by atoms with Gasteiger partial charge in [0.1, 0.15) is 0 Å². The zero-order chi connectivity index (χ0) is 10.6. The summed E-state index contributed by atoms with van der Waals surface area (Å²) in [6.07, 6.45) is 5.14. The summed E-state index contributed by atoms with van der Waals surface area (Å²) in [7, 11) is 0. The SMILES string of the molecule is CCC(C)NC1CCCCC1C(=O)O. The maximum atomic E-state index is 11.0. The van der Waals surface area contributed by atoms with Gasteiger partial charge in [0.2, 0.25) is 0 Å². The first kappa shape index (κ1) is 11.5. The second-order valence-corrected chi connectivity index (χ2v) is 4.31. The fourth-order valence-electron chi connectivity index (χ4n) is 2.11. The number of hydrogen-bond acceptors (Lipinski definition) is 2. The van der Waals surface area contributed by atoms with Crippen LogP contribution in [0.5, 0.6) is 0 Å². The van der Waals surface area contributed by atoms with Crippen LogP contribution in [0.4, 0.5) is 0 Å². The lowest BCUT2D eigenvalue weighted by atomic mass is 9.84. The summed E-state index contributed by atoms with van der Waals surface area (Å²) in [5.41, 5.74) is 0. The lowest BCUT2D eigenvalue weighted by molar-refractivity contribution is -0.143. The molecule has 0 aromatic heterocycles. The molecular formula is C11H21NO2. The summed E-state index contributed by atoms with van der Waals surface area (Å²) in [5.74, 6) is -0.803. The minimum absolute atomic E-state index is 0.169. The Labute approximate surface area is 85.9 Å². The van der Waals surface area contributed by atoms with Crippen molar-refractivity contribution in [3.8, 4) is 0 Å². The first-order valence-corrected chi connectivity index (χ1v) is 5.64. The predicted molar refractivity (Wildman–Crippen MR) is 56.3 cm³/mol. The number of aliphatic carboxylic acids is 1. The zero-order valence-corrected chi connectivity index (χ0v) is 9.12. The summed E-state index contributed by atoms with van der Waals surface area (Å²) in [6, 6.07) is 0.621. The Kier molecular flexibility index (Phi) is 4.39. The van der Waals surface area contributed by atoms with Gasteiger partial charge in [0.25, 0.3) is 0 Å². The molecule has 82 valence electrons. The van der Waals surface area contributed by atoms with E-state index in [4.69, 9.17) is 5.11 Å². The van der Waals surface area contributed by atoms with Crippen molar-refractivity contribution in [2.75, 3.05) is 0 Å². The van der Waals surface area contributed by atoms with Crippen LogP contribution >= 0.6 is 0 Å². The average Bonchev–Trinajstić information content (AvgIpc) is 2.18. The third-order valence-corrected chi connectivity index (χ3v) is 3.19. The molecule has 1 aliphatic rings. The van der Waals surface area contributed by atoms with E-state index in [0.29, 0.717) is 6.04 Å². The lowest BCUT2D eigenvalue weighted by Gasteiger charge is -2.31. The fraction of sp³-hybridized carbons (Fsp3) is 0.909. The van der Waals surface area contributed by atoms with Crippen molar-refractivity contribution in [1.29, 1.82) is 0 Å². The van der Waals surface area contributed by atoms with Gasteiger partial charge in [0.05, 0.1) is 5.92 Å². The van der Waals surface area contributed by atoms with E-state index in [0.717, 1.165) is 32.1 Å². The molecule has 0 bridgehead atoms. The van der Waals surface area contributed by atoms with Crippen LogP contribution in [-0.2, 0) is 4.79 Å². The monoisotopic (exact) mass is 199 g/mol. The van der Waals surface area contributed by atoms with Crippen LogP contribution in [0.15, 0.2) is 0 Å². The quantitative estimate of drug-likeness (QED) is 0.728. The summed E-state index contributed by atoms with van der Waals surface area (Å²) in [5, 5.41) is 12.5. The Morgan fingerprint density at radius 2 is 2.14 bits per heavy atom. The number of hydrogen-bond donors (Lipinski definition) is 2. The minimum Gasteiger partial charge on any atom is -0.481 e. The molecule has 3 unspecified atom stereocenters. The van der Waals surface area contributed by atoms with Crippen LogP contribution in [0.3, 0.4) is 0 Å². The fourth-order valence-corrected chi connectivity index (χ4v) is 2.11. The molecule has 1 aliphatic carbocycles. The van der Waals surface area contributed by atoms with Crippen molar-refractivity contribution < 1.29 is 9.90 Å². The highest BCUT2D eigenvalue weighted by Gasteiger charge is 2.30. The zero-order valence-electron chi connectivity index (χ0n) is 9.12. The highest BCUT2D eigenvalue weighted by Crippen LogP contribution is 2.25. The van der Waals surface area contributed by atoms with Crippen molar-refractivity contribution >= 4 is 5.97 Å². The normalized spacial score (nSPS) is 29.9. The molecular weight excluding hydrogens is 178 g/mol. The smallest absolute Gasteiger partial charge is 0.308 e. The number of carboxylic acids is 1. The molecule has 0 aliphatic heterocycles. The van der Waals surface area contributed by atoms with Gasteiger partial charge in [-0.15, -0.1) is 0 Å². The van der Waals surface area contributed by atoms with Gasteiger partial charge in [0.15, 0.2) is 0 Å². The molecule has 1 saturated carbocycles. The number of carboxylic acid groups (broad SMARTS) is 1. The average molecular weight is 199 g/mol. The van der Waals surface area contributed by atoms with E-state index in [1.165, 1.54) is 0 Å². The van der Waals surface area contributed by atoms with Crippen LogP contribution in [0.1, 0.15) is 46.0 Å². The van der Waals surface area contributed by atoms with E-state index in [1.807, 2.05) is 0 Å². The largest absolute Gasteiger partial charge is 0.481 e. The Hall–Kier alpha value is -0.570. The molecule has 0 spiro atoms. The minimum atomic E-state index is -0.634. The molecule has 14 heavy (non-hydrogen) atoms. The van der Waals surface area contributed by atoms with Crippen LogP contribution in [-0.4, -0.2) is 23.2 Å². The van der Waals surface area contributed by atoms with E-state index in [2.05, 4.69) is 19.2 Å². The molecule has 2 N–H and O–H groups in total. The maximum Gasteiger partial charge on any atom is 0.308 e. The first-order valence-electron chi connectivity index (χ1n) is 5.64. The van der Waals surface area contributed by atoms with E-state index in [-0.39, 0.29) is 12.0 Å². The van der Waals surface area contributed by atoms with Gasteiger partial charge in [-0.3, -0.25) is 4.79 Å². The first-order chi connectivity index (χ1) is 6.65. The molecule has 3 atom stereocenters. The van der Waals surface area contributed by atoms with E-state index in [1.54, 1.807) is 0 Å². The van der Waals surface area contributed by atoms with Gasteiger partial charge >= 0.3 is 5.97 Å². The highest BCUT2D eigenvalue weighted by molar-refractivity contribution is 5.71. The lowest BCUT2D eigenvalue weighted by Crippen LogP contribution is -2.45. The molecule has 1 rings (SSSR count). The van der Waals surface area contributed by atoms with Crippen LogP contribution in [0.2, 0.25) is 0 Å². The second kappa shape index (κ2) is 5.35. The topological polar surface area (TPSA) is 49.3 Å². The summed E-state index contributed by atoms with van der Waals surface area (Å²) < 4.78 is 0. The van der Waals surface area contributed by atoms with E-state index >= 15 is 0 Å². The molecule has 0 saturated heterocycles. The molecule has 0 aromatic carbocycles. The molecule has 0 aromatic rings. The maximum absolute atomic E-state index is 11.0. The van der Waals surface area contributed by atoms with Gasteiger partial charge in [-0.05, 0) is 26.2 Å². The Balaban J connectivity index is 2.49. The van der Waals surface area contributed by atoms with Crippen LogP contribution in [0.25, 0.3) is 0 Å². The van der Waals surface area contributed by atoms with Crippen molar-refractivity contribution in [3.05, 3.63) is 0 Å². The third-order valence-electron chi connectivity index (χ3n) is 3.19. The molecule has 0 heterocycles. The standard InChI is InChI=1S/C11H21NO2/c1-3-8(2)12-10-7-5-4-6-9(10)11(13)14/h8-10,12H,3-7H2,1-2H3,(H,13,14). The van der Waals surface area contributed by atoms with Crippen molar-refractivity contribution in [2.45, 2.75) is 58.0 Å². The van der Waals surface area contributed by atoms with Gasteiger partial charge in [-0.2, -0.15) is 0 Å². The van der Waals surface area contributed by atoms with Gasteiger partial charge in [-0.25, -0.2) is 0 Å². The molecule has 3 heteroatoms. The summed E-state index contributed by atoms with van der Waals surface area (Å²) in [6.45, 7) is 4.24. The van der Waals surface area contributed by atoms with Crippen molar-refractivity contribution in [2.24, 2.45) is 5.92 Å². The predicted octanol–water partition coefficient (Wildman–Crippen LogP) is 2.02. The van der Waals surface area contributed by atoms with Gasteiger partial charge in [0, 0.05) is 12.1 Å². The molecule has 0 radical (unpaired) electrons. The van der Waals surface area contributed by atoms with Gasteiger partial charge in [-0.1, -0.05) is 19.8 Å². The molecule has 3 nitrogen and oxygen atoms in total. The molecule has 0 amide bonds. The Morgan fingerprint density at radius 1 is 1.50 bits per heavy atom. The number of rotatable bonds is 4. The van der Waals surface area contributed by atoms with Crippen molar-refractivity contribution in [1.82, 2.24) is 5.32 Å². The van der Waals surface area contributed by atoms with E-state index < -0.39 is 5.97 Å². The Morgan fingerprint density at radius 3 is 2.71 bits per heavy atom. The van der Waals surface area contributed by atoms with Crippen LogP contribution in [0, 0.1) is 5.92 Å². The number of nitrogens with one attached hydrogen (secondary N) is 1. The highest BCUT2D eigenvalue weighted by atomic mass is 16.4. The van der Waals surface area contributed by atoms with Crippen molar-refractivity contribution in [3.63, 3.8) is 0 Å². The van der Waals surface area contributed by atoms with Gasteiger partial charge < -0.3 is 10.4 Å². The van der Waals surface area contributed by atoms with Crippen LogP contribution < -0.4 is 5.32 Å².